The number of likely N-dealkylation sites (N-methyl/N-ethyl adjacent to an activating group) is 1. The largest absolute Gasteiger partial charge is 0.492 e. The van der Waals surface area contributed by atoms with Crippen LogP contribution in [0.15, 0.2) is 35.3 Å². The second kappa shape index (κ2) is 12.6. The number of aryl methyl sites for hydroxylation is 2. The van der Waals surface area contributed by atoms with E-state index in [1.807, 2.05) is 49.1 Å². The third-order valence-corrected chi connectivity index (χ3v) is 4.55. The molecule has 1 N–H and O–H groups in total. The third kappa shape index (κ3) is 6.68. The van der Waals surface area contributed by atoms with Crippen molar-refractivity contribution in [2.24, 2.45) is 12.0 Å². The van der Waals surface area contributed by atoms with Crippen LogP contribution in [0.25, 0.3) is 0 Å². The molecular formula is C21H34IN5O. The van der Waals surface area contributed by atoms with E-state index in [2.05, 4.69) is 36.1 Å². The molecule has 0 spiro atoms. The molecule has 1 aromatic carbocycles. The summed E-state index contributed by atoms with van der Waals surface area (Å²) in [4.78, 5) is 6.97. The highest BCUT2D eigenvalue weighted by Gasteiger charge is 2.14. The minimum atomic E-state index is 0. The first-order chi connectivity index (χ1) is 13.1. The van der Waals surface area contributed by atoms with Crippen LogP contribution < -0.4 is 10.1 Å². The average Bonchev–Trinajstić information content (AvgIpc) is 3.00. The lowest BCUT2D eigenvalue weighted by Crippen LogP contribution is -2.40. The van der Waals surface area contributed by atoms with Crippen molar-refractivity contribution in [3.63, 3.8) is 0 Å². The van der Waals surface area contributed by atoms with Crippen LogP contribution in [0, 0.1) is 0 Å². The van der Waals surface area contributed by atoms with Gasteiger partial charge >= 0.3 is 0 Å². The van der Waals surface area contributed by atoms with E-state index in [4.69, 9.17) is 9.73 Å². The number of hydrogen-bond donors (Lipinski definition) is 1. The molecule has 0 radical (unpaired) electrons. The summed E-state index contributed by atoms with van der Waals surface area (Å²) >= 11 is 0. The van der Waals surface area contributed by atoms with Crippen LogP contribution in [0.2, 0.25) is 0 Å². The first kappa shape index (κ1) is 24.3. The monoisotopic (exact) mass is 499 g/mol. The summed E-state index contributed by atoms with van der Waals surface area (Å²) in [6.45, 7) is 9.24. The molecular weight excluding hydrogens is 465 g/mol. The summed E-state index contributed by atoms with van der Waals surface area (Å²) in [7, 11) is 4.06. The van der Waals surface area contributed by atoms with Gasteiger partial charge in [-0.1, -0.05) is 32.0 Å². The van der Waals surface area contributed by atoms with Crippen LogP contribution in [0.3, 0.4) is 0 Å². The minimum absolute atomic E-state index is 0. The van der Waals surface area contributed by atoms with E-state index in [1.54, 1.807) is 0 Å². The summed E-state index contributed by atoms with van der Waals surface area (Å²) < 4.78 is 7.80. The first-order valence-electron chi connectivity index (χ1n) is 9.81. The molecule has 1 aromatic heterocycles. The van der Waals surface area contributed by atoms with Gasteiger partial charge in [0.1, 0.15) is 12.4 Å². The Balaban J connectivity index is 0.00000392. The second-order valence-electron chi connectivity index (χ2n) is 6.46. The lowest BCUT2D eigenvalue weighted by Gasteiger charge is -2.22. The molecule has 28 heavy (non-hydrogen) atoms. The van der Waals surface area contributed by atoms with E-state index in [0.29, 0.717) is 13.2 Å². The lowest BCUT2D eigenvalue weighted by atomic mass is 10.1. The molecule has 2 rings (SSSR count). The zero-order valence-electron chi connectivity index (χ0n) is 17.7. The van der Waals surface area contributed by atoms with Crippen molar-refractivity contribution in [2.45, 2.75) is 40.2 Å². The van der Waals surface area contributed by atoms with Crippen molar-refractivity contribution >= 4 is 29.9 Å². The standard InChI is InChI=1S/C21H33N5O.HI/c1-6-19-18(20(7-2)26(5)24-19)16-23-21(22-8-3)25(4)14-15-27-17-12-10-9-11-13-17;/h9-13H,6-8,14-16H2,1-5H3,(H,22,23);1H. The Labute approximate surface area is 186 Å². The number of nitrogens with one attached hydrogen (secondary N) is 1. The van der Waals surface area contributed by atoms with Crippen LogP contribution in [-0.4, -0.2) is 47.4 Å². The van der Waals surface area contributed by atoms with E-state index in [-0.39, 0.29) is 24.0 Å². The Kier molecular flexibility index (Phi) is 11.0. The lowest BCUT2D eigenvalue weighted by molar-refractivity contribution is 0.281. The zero-order valence-corrected chi connectivity index (χ0v) is 20.1. The highest BCUT2D eigenvalue weighted by atomic mass is 127. The van der Waals surface area contributed by atoms with Gasteiger partial charge < -0.3 is 15.0 Å². The van der Waals surface area contributed by atoms with Gasteiger partial charge in [0.2, 0.25) is 0 Å². The van der Waals surface area contributed by atoms with Crippen LogP contribution in [0.1, 0.15) is 37.7 Å². The predicted molar refractivity (Wildman–Crippen MR) is 127 cm³/mol. The molecule has 0 bridgehead atoms. The van der Waals surface area contributed by atoms with Crippen molar-refractivity contribution in [3.8, 4) is 5.75 Å². The van der Waals surface area contributed by atoms with Gasteiger partial charge in [-0.15, -0.1) is 24.0 Å². The number of guanidine groups is 1. The van der Waals surface area contributed by atoms with Crippen molar-refractivity contribution in [1.82, 2.24) is 20.0 Å². The molecule has 0 saturated heterocycles. The molecule has 156 valence electrons. The zero-order chi connectivity index (χ0) is 19.6. The molecule has 0 fully saturated rings. The quantitative estimate of drug-likeness (QED) is 0.325. The van der Waals surface area contributed by atoms with Crippen molar-refractivity contribution in [2.75, 3.05) is 26.7 Å². The third-order valence-electron chi connectivity index (χ3n) is 4.55. The van der Waals surface area contributed by atoms with E-state index < -0.39 is 0 Å². The van der Waals surface area contributed by atoms with Gasteiger partial charge in [-0.05, 0) is 31.9 Å². The highest BCUT2D eigenvalue weighted by molar-refractivity contribution is 14.0. The van der Waals surface area contributed by atoms with E-state index >= 15 is 0 Å². The topological polar surface area (TPSA) is 54.7 Å². The molecule has 0 saturated carbocycles. The number of aromatic nitrogens is 2. The number of rotatable bonds is 9. The van der Waals surface area contributed by atoms with Gasteiger partial charge in [0.15, 0.2) is 5.96 Å². The Morgan fingerprint density at radius 1 is 1.18 bits per heavy atom. The Bertz CT molecular complexity index is 730. The molecule has 2 aromatic rings. The number of para-hydroxylation sites is 1. The summed E-state index contributed by atoms with van der Waals surface area (Å²) in [5.41, 5.74) is 3.66. The van der Waals surface area contributed by atoms with Gasteiger partial charge in [0.05, 0.1) is 18.8 Å². The van der Waals surface area contributed by atoms with Gasteiger partial charge in [0.25, 0.3) is 0 Å². The minimum Gasteiger partial charge on any atom is -0.492 e. The van der Waals surface area contributed by atoms with Crippen molar-refractivity contribution in [1.29, 1.82) is 0 Å². The second-order valence-corrected chi connectivity index (χ2v) is 6.46. The van der Waals surface area contributed by atoms with Crippen molar-refractivity contribution in [3.05, 3.63) is 47.3 Å². The average molecular weight is 499 g/mol. The number of benzene rings is 1. The highest BCUT2D eigenvalue weighted by Crippen LogP contribution is 2.16. The number of halogens is 1. The Morgan fingerprint density at radius 3 is 2.50 bits per heavy atom. The maximum atomic E-state index is 5.81. The predicted octanol–water partition coefficient (Wildman–Crippen LogP) is 3.64. The fourth-order valence-electron chi connectivity index (χ4n) is 3.12. The normalized spacial score (nSPS) is 11.1. The summed E-state index contributed by atoms with van der Waals surface area (Å²) in [6.07, 6.45) is 1.89. The molecule has 1 heterocycles. The van der Waals surface area contributed by atoms with Gasteiger partial charge in [-0.25, -0.2) is 4.99 Å². The summed E-state index contributed by atoms with van der Waals surface area (Å²) in [5, 5.41) is 8.02. The van der Waals surface area contributed by atoms with E-state index in [1.165, 1.54) is 11.3 Å². The molecule has 0 aliphatic heterocycles. The van der Waals surface area contributed by atoms with E-state index in [9.17, 15) is 0 Å². The Hall–Kier alpha value is -1.77. The molecule has 7 heteroatoms. The molecule has 0 aliphatic rings. The molecule has 0 unspecified atom stereocenters. The fraction of sp³-hybridized carbons (Fsp3) is 0.524. The smallest absolute Gasteiger partial charge is 0.194 e. The van der Waals surface area contributed by atoms with Crippen LogP contribution in [-0.2, 0) is 26.4 Å². The molecule has 0 aliphatic carbocycles. The van der Waals surface area contributed by atoms with Gasteiger partial charge in [0, 0.05) is 31.9 Å². The van der Waals surface area contributed by atoms with Crippen LogP contribution in [0.4, 0.5) is 0 Å². The maximum absolute atomic E-state index is 5.81. The van der Waals surface area contributed by atoms with Gasteiger partial charge in [-0.3, -0.25) is 4.68 Å². The van der Waals surface area contributed by atoms with E-state index in [0.717, 1.165) is 43.3 Å². The number of hydrogen-bond acceptors (Lipinski definition) is 3. The fourth-order valence-corrected chi connectivity index (χ4v) is 3.12. The number of aliphatic imine (C=N–C) groups is 1. The maximum Gasteiger partial charge on any atom is 0.194 e. The summed E-state index contributed by atoms with van der Waals surface area (Å²) in [6, 6.07) is 9.90. The molecule has 6 nitrogen and oxygen atoms in total. The van der Waals surface area contributed by atoms with Crippen molar-refractivity contribution < 1.29 is 4.74 Å². The number of ether oxygens (including phenoxy) is 1. The Morgan fingerprint density at radius 2 is 1.89 bits per heavy atom. The van der Waals surface area contributed by atoms with Crippen LogP contribution >= 0.6 is 24.0 Å². The SMILES string of the molecule is CCNC(=NCc1c(CC)nn(C)c1CC)N(C)CCOc1ccccc1.I. The molecule has 0 amide bonds. The van der Waals surface area contributed by atoms with Gasteiger partial charge in [-0.2, -0.15) is 5.10 Å². The summed E-state index contributed by atoms with van der Waals surface area (Å²) in [5.74, 6) is 1.78. The van der Waals surface area contributed by atoms with Crippen LogP contribution in [0.5, 0.6) is 5.75 Å². The first-order valence-corrected chi connectivity index (χ1v) is 9.81. The number of nitrogens with zero attached hydrogens (tertiary/aromatic N) is 4. The molecule has 0 atom stereocenters.